The summed E-state index contributed by atoms with van der Waals surface area (Å²) in [5.41, 5.74) is 0. The lowest BCUT2D eigenvalue weighted by Crippen LogP contribution is -2.43. The van der Waals surface area contributed by atoms with Crippen LogP contribution >= 0.6 is 0 Å². The van der Waals surface area contributed by atoms with Crippen molar-refractivity contribution in [2.24, 2.45) is 11.8 Å². The molecule has 0 bridgehead atoms. The molecular weight excluding hydrogens is 146 g/mol. The third-order valence-electron chi connectivity index (χ3n) is 3.33. The second-order valence-corrected chi connectivity index (χ2v) is 4.59. The van der Waals surface area contributed by atoms with Gasteiger partial charge in [0, 0.05) is 12.1 Å². The number of piperidine rings is 1. The zero-order valence-corrected chi connectivity index (χ0v) is 8.93. The van der Waals surface area contributed by atoms with Gasteiger partial charge in [-0.2, -0.15) is 0 Å². The van der Waals surface area contributed by atoms with Crippen molar-refractivity contribution < 1.29 is 0 Å². The van der Waals surface area contributed by atoms with Crippen LogP contribution in [-0.2, 0) is 0 Å². The fraction of sp³-hybridized carbons (Fsp3) is 1.00. The largest absolute Gasteiger partial charge is 0.312 e. The molecule has 1 heterocycles. The smallest absolute Gasteiger partial charge is 0.00439 e. The Bertz CT molecular complexity index is 123. The van der Waals surface area contributed by atoms with Crippen LogP contribution in [0.25, 0.3) is 0 Å². The molecule has 1 saturated heterocycles. The molecule has 0 aromatic rings. The van der Waals surface area contributed by atoms with E-state index in [4.69, 9.17) is 0 Å². The molecule has 0 spiro atoms. The highest BCUT2D eigenvalue weighted by atomic mass is 15.0. The quantitative estimate of drug-likeness (QED) is 0.670. The molecular formula is C11H23N. The van der Waals surface area contributed by atoms with Crippen LogP contribution in [0.2, 0.25) is 0 Å². The second kappa shape index (κ2) is 4.27. The Balaban J connectivity index is 2.43. The van der Waals surface area contributed by atoms with Gasteiger partial charge in [0.1, 0.15) is 0 Å². The molecule has 3 atom stereocenters. The normalized spacial score (nSPS) is 39.5. The minimum atomic E-state index is 0.729. The number of rotatable bonds is 2. The zero-order valence-electron chi connectivity index (χ0n) is 8.93. The zero-order chi connectivity index (χ0) is 9.14. The van der Waals surface area contributed by atoms with Crippen LogP contribution in [0, 0.1) is 11.8 Å². The number of hydrogen-bond acceptors (Lipinski definition) is 1. The summed E-state index contributed by atoms with van der Waals surface area (Å²) in [5.74, 6) is 1.87. The van der Waals surface area contributed by atoms with Gasteiger partial charge in [0.05, 0.1) is 0 Å². The molecule has 12 heavy (non-hydrogen) atoms. The fourth-order valence-electron chi connectivity index (χ4n) is 2.42. The van der Waals surface area contributed by atoms with Crippen LogP contribution in [-0.4, -0.2) is 12.1 Å². The van der Waals surface area contributed by atoms with Gasteiger partial charge in [0.25, 0.3) is 0 Å². The molecule has 0 saturated carbocycles. The Hall–Kier alpha value is -0.0400. The second-order valence-electron chi connectivity index (χ2n) is 4.59. The highest BCUT2D eigenvalue weighted by molar-refractivity contribution is 4.82. The van der Waals surface area contributed by atoms with Crippen molar-refractivity contribution in [3.63, 3.8) is 0 Å². The predicted octanol–water partition coefficient (Wildman–Crippen LogP) is 2.81. The minimum Gasteiger partial charge on any atom is -0.312 e. The maximum atomic E-state index is 3.59. The molecule has 3 unspecified atom stereocenters. The first-order valence-corrected chi connectivity index (χ1v) is 5.39. The third kappa shape index (κ3) is 2.48. The van der Waals surface area contributed by atoms with Crippen LogP contribution in [0.3, 0.4) is 0 Å². The van der Waals surface area contributed by atoms with Gasteiger partial charge in [-0.1, -0.05) is 20.3 Å². The molecule has 0 aromatic heterocycles. The van der Waals surface area contributed by atoms with Crippen molar-refractivity contribution in [1.29, 1.82) is 0 Å². The molecule has 1 heteroatoms. The highest BCUT2D eigenvalue weighted by Gasteiger charge is 2.25. The molecule has 0 radical (unpaired) electrons. The van der Waals surface area contributed by atoms with Gasteiger partial charge in [-0.15, -0.1) is 0 Å². The Morgan fingerprint density at radius 3 is 2.17 bits per heavy atom. The summed E-state index contributed by atoms with van der Waals surface area (Å²) in [4.78, 5) is 0. The summed E-state index contributed by atoms with van der Waals surface area (Å²) in [6, 6.07) is 1.46. The molecule has 1 aliphatic rings. The Labute approximate surface area is 76.9 Å². The summed E-state index contributed by atoms with van der Waals surface area (Å²) in [6.07, 6.45) is 4.09. The Morgan fingerprint density at radius 2 is 1.75 bits per heavy atom. The van der Waals surface area contributed by atoms with Crippen LogP contribution in [0.15, 0.2) is 0 Å². The average Bonchev–Trinajstić information content (AvgIpc) is 2.01. The number of hydrogen-bond donors (Lipinski definition) is 1. The molecule has 1 N–H and O–H groups in total. The van der Waals surface area contributed by atoms with E-state index in [2.05, 4.69) is 33.0 Å². The lowest BCUT2D eigenvalue weighted by Gasteiger charge is -2.36. The van der Waals surface area contributed by atoms with Crippen molar-refractivity contribution in [3.8, 4) is 0 Å². The first-order chi connectivity index (χ1) is 5.63. The fourth-order valence-corrected chi connectivity index (χ4v) is 2.42. The maximum absolute atomic E-state index is 3.59. The predicted molar refractivity (Wildman–Crippen MR) is 54.2 cm³/mol. The molecule has 1 fully saturated rings. The maximum Gasteiger partial charge on any atom is 0.00439 e. The van der Waals surface area contributed by atoms with Gasteiger partial charge in [-0.05, 0) is 38.5 Å². The van der Waals surface area contributed by atoms with Crippen LogP contribution in [0.1, 0.15) is 47.0 Å². The molecule has 1 nitrogen and oxygen atoms in total. The van der Waals surface area contributed by atoms with E-state index in [9.17, 15) is 0 Å². The van der Waals surface area contributed by atoms with E-state index in [1.54, 1.807) is 0 Å². The van der Waals surface area contributed by atoms with Gasteiger partial charge in [-0.25, -0.2) is 0 Å². The van der Waals surface area contributed by atoms with Gasteiger partial charge >= 0.3 is 0 Å². The first-order valence-electron chi connectivity index (χ1n) is 5.39. The van der Waals surface area contributed by atoms with E-state index in [1.807, 2.05) is 0 Å². The number of nitrogens with one attached hydrogen (secondary N) is 1. The standard InChI is InChI=1S/C11H23N/c1-5-8(2)11-6-9(3)12-10(4)7-11/h8-12H,5-7H2,1-4H3. The summed E-state index contributed by atoms with van der Waals surface area (Å²) in [5, 5.41) is 3.59. The summed E-state index contributed by atoms with van der Waals surface area (Å²) >= 11 is 0. The van der Waals surface area contributed by atoms with E-state index in [0.717, 1.165) is 23.9 Å². The SMILES string of the molecule is CCC(C)C1CC(C)NC(C)C1. The van der Waals surface area contributed by atoms with Gasteiger partial charge in [0.2, 0.25) is 0 Å². The van der Waals surface area contributed by atoms with Crippen LogP contribution in [0.4, 0.5) is 0 Å². The molecule has 1 rings (SSSR count). The molecule has 0 aliphatic carbocycles. The van der Waals surface area contributed by atoms with E-state index >= 15 is 0 Å². The Kier molecular flexibility index (Phi) is 3.57. The summed E-state index contributed by atoms with van der Waals surface area (Å²) in [6.45, 7) is 9.33. The average molecular weight is 169 g/mol. The van der Waals surface area contributed by atoms with E-state index in [1.165, 1.54) is 19.3 Å². The van der Waals surface area contributed by atoms with Crippen molar-refractivity contribution in [3.05, 3.63) is 0 Å². The van der Waals surface area contributed by atoms with Gasteiger partial charge in [0.15, 0.2) is 0 Å². The van der Waals surface area contributed by atoms with Crippen molar-refractivity contribution in [2.45, 2.75) is 59.0 Å². The molecule has 0 amide bonds. The first kappa shape index (κ1) is 10.0. The van der Waals surface area contributed by atoms with E-state index < -0.39 is 0 Å². The van der Waals surface area contributed by atoms with Crippen molar-refractivity contribution >= 4 is 0 Å². The van der Waals surface area contributed by atoms with Gasteiger partial charge < -0.3 is 5.32 Å². The monoisotopic (exact) mass is 169 g/mol. The Morgan fingerprint density at radius 1 is 1.25 bits per heavy atom. The lowest BCUT2D eigenvalue weighted by atomic mass is 9.79. The summed E-state index contributed by atoms with van der Waals surface area (Å²) < 4.78 is 0. The van der Waals surface area contributed by atoms with E-state index in [0.29, 0.717) is 0 Å². The van der Waals surface area contributed by atoms with Gasteiger partial charge in [-0.3, -0.25) is 0 Å². The van der Waals surface area contributed by atoms with E-state index in [-0.39, 0.29) is 0 Å². The van der Waals surface area contributed by atoms with Crippen LogP contribution in [0.5, 0.6) is 0 Å². The van der Waals surface area contributed by atoms with Crippen molar-refractivity contribution in [2.75, 3.05) is 0 Å². The lowest BCUT2D eigenvalue weighted by molar-refractivity contribution is 0.200. The van der Waals surface area contributed by atoms with Crippen LogP contribution < -0.4 is 5.32 Å². The highest BCUT2D eigenvalue weighted by Crippen LogP contribution is 2.28. The minimum absolute atomic E-state index is 0.729. The molecule has 0 aromatic carbocycles. The van der Waals surface area contributed by atoms with Crippen molar-refractivity contribution in [1.82, 2.24) is 5.32 Å². The third-order valence-corrected chi connectivity index (χ3v) is 3.33. The molecule has 1 aliphatic heterocycles. The topological polar surface area (TPSA) is 12.0 Å². The molecule has 72 valence electrons. The summed E-state index contributed by atoms with van der Waals surface area (Å²) in [7, 11) is 0.